The number of hydrogen-bond donors (Lipinski definition) is 2. The van der Waals surface area contributed by atoms with Gasteiger partial charge in [-0.2, -0.15) is 0 Å². The van der Waals surface area contributed by atoms with Crippen LogP contribution < -0.4 is 9.47 Å². The molecule has 3 rings (SSSR count). The summed E-state index contributed by atoms with van der Waals surface area (Å²) in [6.07, 6.45) is -1.32. The van der Waals surface area contributed by atoms with Gasteiger partial charge in [-0.25, -0.2) is 0 Å². The van der Waals surface area contributed by atoms with Crippen LogP contribution in [0, 0.1) is 0 Å². The van der Waals surface area contributed by atoms with E-state index in [-0.39, 0.29) is 22.8 Å². The van der Waals surface area contributed by atoms with Crippen molar-refractivity contribution in [2.24, 2.45) is 0 Å². The minimum atomic E-state index is -1.98. The number of methoxy groups -OCH3 is 2. The minimum absolute atomic E-state index is 0.0629. The predicted molar refractivity (Wildman–Crippen MR) is 80.8 cm³/mol. The van der Waals surface area contributed by atoms with Crippen molar-refractivity contribution < 1.29 is 29.2 Å². The van der Waals surface area contributed by atoms with Gasteiger partial charge < -0.3 is 24.4 Å². The summed E-state index contributed by atoms with van der Waals surface area (Å²) in [6.45, 7) is 0. The van der Waals surface area contributed by atoms with Crippen molar-refractivity contribution >= 4 is 5.78 Å². The molecule has 0 aromatic heterocycles. The largest absolute Gasteiger partial charge is 0.504 e. The molecule has 1 aliphatic heterocycles. The van der Waals surface area contributed by atoms with Crippen LogP contribution in [0.5, 0.6) is 17.2 Å². The molecule has 0 saturated carbocycles. The molecule has 2 aromatic rings. The lowest BCUT2D eigenvalue weighted by atomic mass is 9.89. The molecule has 2 aromatic carbocycles. The van der Waals surface area contributed by atoms with Crippen molar-refractivity contribution in [3.05, 3.63) is 53.6 Å². The van der Waals surface area contributed by atoms with Crippen LogP contribution >= 0.6 is 0 Å². The van der Waals surface area contributed by atoms with E-state index in [2.05, 4.69) is 0 Å². The van der Waals surface area contributed by atoms with Gasteiger partial charge in [0.1, 0.15) is 11.3 Å². The van der Waals surface area contributed by atoms with Gasteiger partial charge in [-0.1, -0.05) is 30.3 Å². The summed E-state index contributed by atoms with van der Waals surface area (Å²) in [5, 5.41) is 21.2. The molecule has 0 spiro atoms. The van der Waals surface area contributed by atoms with Crippen molar-refractivity contribution in [3.8, 4) is 17.2 Å². The second-order valence-corrected chi connectivity index (χ2v) is 5.13. The standard InChI is InChI=1S/C17H16O6/c1-21-12-9-8-11-13(14(12)18)15(19)16(22-2)17(20,23-11)10-6-4-3-5-7-10/h3-9,16,18,20H,1-2H3. The zero-order valence-corrected chi connectivity index (χ0v) is 12.6. The van der Waals surface area contributed by atoms with Crippen molar-refractivity contribution in [2.75, 3.05) is 14.2 Å². The third kappa shape index (κ3) is 2.23. The number of Topliss-reactive ketones (excluding diaryl/α,β-unsaturated/α-hetero) is 1. The zero-order chi connectivity index (χ0) is 16.6. The summed E-state index contributed by atoms with van der Waals surface area (Å²) in [5.74, 6) is -2.71. The maximum Gasteiger partial charge on any atom is 0.269 e. The van der Waals surface area contributed by atoms with Crippen LogP contribution in [0.2, 0.25) is 0 Å². The van der Waals surface area contributed by atoms with E-state index < -0.39 is 17.7 Å². The fourth-order valence-electron chi connectivity index (χ4n) is 2.73. The number of ketones is 1. The van der Waals surface area contributed by atoms with Gasteiger partial charge in [0.15, 0.2) is 17.6 Å². The Kier molecular flexibility index (Phi) is 3.71. The third-order valence-electron chi connectivity index (χ3n) is 3.85. The first-order valence-corrected chi connectivity index (χ1v) is 6.96. The minimum Gasteiger partial charge on any atom is -0.504 e. The molecule has 2 unspecified atom stereocenters. The number of aliphatic hydroxyl groups is 1. The number of phenols is 1. The highest BCUT2D eigenvalue weighted by atomic mass is 16.7. The second-order valence-electron chi connectivity index (χ2n) is 5.13. The Labute approximate surface area is 132 Å². The fourth-order valence-corrected chi connectivity index (χ4v) is 2.73. The molecule has 0 aliphatic carbocycles. The van der Waals surface area contributed by atoms with Crippen LogP contribution in [-0.2, 0) is 10.5 Å². The monoisotopic (exact) mass is 316 g/mol. The fraction of sp³-hybridized carbons (Fsp3) is 0.235. The van der Waals surface area contributed by atoms with E-state index in [1.165, 1.54) is 26.4 Å². The highest BCUT2D eigenvalue weighted by Gasteiger charge is 2.52. The zero-order valence-electron chi connectivity index (χ0n) is 12.6. The predicted octanol–water partition coefficient (Wildman–Crippen LogP) is 1.84. The first-order chi connectivity index (χ1) is 11.0. The number of carbonyl (C=O) groups is 1. The summed E-state index contributed by atoms with van der Waals surface area (Å²) in [7, 11) is 2.67. The maximum atomic E-state index is 12.7. The Morgan fingerprint density at radius 3 is 2.43 bits per heavy atom. The molecule has 0 radical (unpaired) electrons. The van der Waals surface area contributed by atoms with E-state index in [4.69, 9.17) is 14.2 Å². The number of phenolic OH excluding ortho intramolecular Hbond substituents is 1. The molecule has 0 saturated heterocycles. The number of hydrogen-bond acceptors (Lipinski definition) is 6. The quantitative estimate of drug-likeness (QED) is 0.899. The van der Waals surface area contributed by atoms with Crippen LogP contribution in [0.4, 0.5) is 0 Å². The molecule has 1 aliphatic rings. The van der Waals surface area contributed by atoms with E-state index in [1.54, 1.807) is 30.3 Å². The lowest BCUT2D eigenvalue weighted by molar-refractivity contribution is -0.211. The molecule has 2 atom stereocenters. The van der Waals surface area contributed by atoms with Crippen LogP contribution in [-0.4, -0.2) is 36.3 Å². The first-order valence-electron chi connectivity index (χ1n) is 6.96. The van der Waals surface area contributed by atoms with Crippen molar-refractivity contribution in [2.45, 2.75) is 11.9 Å². The van der Waals surface area contributed by atoms with Gasteiger partial charge in [-0.3, -0.25) is 4.79 Å². The highest BCUT2D eigenvalue weighted by molar-refractivity contribution is 6.06. The molecular weight excluding hydrogens is 300 g/mol. The number of aromatic hydroxyl groups is 1. The maximum absolute atomic E-state index is 12.7. The second kappa shape index (κ2) is 5.57. The van der Waals surface area contributed by atoms with Crippen LogP contribution in [0.3, 0.4) is 0 Å². The average molecular weight is 316 g/mol. The van der Waals surface area contributed by atoms with Crippen molar-refractivity contribution in [3.63, 3.8) is 0 Å². The van der Waals surface area contributed by atoms with Crippen LogP contribution in [0.25, 0.3) is 0 Å². The molecule has 1 heterocycles. The van der Waals surface area contributed by atoms with E-state index in [9.17, 15) is 15.0 Å². The summed E-state index contributed by atoms with van der Waals surface area (Å²) in [4.78, 5) is 12.7. The highest BCUT2D eigenvalue weighted by Crippen LogP contribution is 2.45. The summed E-state index contributed by atoms with van der Waals surface area (Å²) in [5.41, 5.74) is 0.304. The Morgan fingerprint density at radius 1 is 1.13 bits per heavy atom. The topological polar surface area (TPSA) is 85.2 Å². The van der Waals surface area contributed by atoms with Gasteiger partial charge in [0, 0.05) is 12.7 Å². The average Bonchev–Trinajstić information content (AvgIpc) is 2.56. The van der Waals surface area contributed by atoms with Gasteiger partial charge >= 0.3 is 0 Å². The van der Waals surface area contributed by atoms with E-state index in [0.717, 1.165) is 0 Å². The normalized spacial score (nSPS) is 23.1. The summed E-state index contributed by atoms with van der Waals surface area (Å²) < 4.78 is 15.8. The number of fused-ring (bicyclic) bond motifs is 1. The van der Waals surface area contributed by atoms with Gasteiger partial charge in [0.25, 0.3) is 5.79 Å². The number of benzene rings is 2. The van der Waals surface area contributed by atoms with Crippen LogP contribution in [0.15, 0.2) is 42.5 Å². The molecule has 2 N–H and O–H groups in total. The Morgan fingerprint density at radius 2 is 1.83 bits per heavy atom. The SMILES string of the molecule is COc1ccc2c(c1O)C(=O)C(OC)C(O)(c1ccccc1)O2. The lowest BCUT2D eigenvalue weighted by Crippen LogP contribution is -2.53. The first kappa shape index (κ1) is 15.3. The van der Waals surface area contributed by atoms with E-state index in [0.29, 0.717) is 5.56 Å². The summed E-state index contributed by atoms with van der Waals surface area (Å²) in [6, 6.07) is 11.4. The van der Waals surface area contributed by atoms with E-state index >= 15 is 0 Å². The van der Waals surface area contributed by atoms with Crippen molar-refractivity contribution in [1.29, 1.82) is 0 Å². The third-order valence-corrected chi connectivity index (χ3v) is 3.85. The van der Waals surface area contributed by atoms with Crippen LogP contribution in [0.1, 0.15) is 15.9 Å². The van der Waals surface area contributed by atoms with Gasteiger partial charge in [0.05, 0.1) is 7.11 Å². The lowest BCUT2D eigenvalue weighted by Gasteiger charge is -2.39. The Hall–Kier alpha value is -2.57. The Bertz CT molecular complexity index is 742. The van der Waals surface area contributed by atoms with Gasteiger partial charge in [-0.15, -0.1) is 0 Å². The number of ether oxygens (including phenoxy) is 3. The molecule has 120 valence electrons. The van der Waals surface area contributed by atoms with Gasteiger partial charge in [-0.05, 0) is 12.1 Å². The Balaban J connectivity index is 2.18. The molecule has 0 amide bonds. The molecule has 0 bridgehead atoms. The van der Waals surface area contributed by atoms with E-state index in [1.807, 2.05) is 0 Å². The smallest absolute Gasteiger partial charge is 0.269 e. The molecule has 6 nitrogen and oxygen atoms in total. The molecule has 23 heavy (non-hydrogen) atoms. The number of rotatable bonds is 3. The number of carbonyl (C=O) groups excluding carboxylic acids is 1. The van der Waals surface area contributed by atoms with Gasteiger partial charge in [0.2, 0.25) is 5.78 Å². The molecule has 0 fully saturated rings. The van der Waals surface area contributed by atoms with Crippen molar-refractivity contribution in [1.82, 2.24) is 0 Å². The summed E-state index contributed by atoms with van der Waals surface area (Å²) >= 11 is 0. The molecule has 6 heteroatoms. The molecular formula is C17H16O6.